The van der Waals surface area contributed by atoms with Crippen LogP contribution in [-0.2, 0) is 0 Å². The average molecular weight is 995 g/mol. The Labute approximate surface area is 398 Å². The van der Waals surface area contributed by atoms with Crippen molar-refractivity contribution in [3.63, 3.8) is 0 Å². The lowest BCUT2D eigenvalue weighted by molar-refractivity contribution is 0.102. The standard InChI is InChI=1S/C23H23F2N5O3S.C21H18F3N5O3S.C2H6/c1-9(26)10-5-6-30(8-10)14-4-3-11-15(20(14)33-2)16(18-12(24)7-13(25)22(27)28-18)21-17(19(11)31)23(32)29-34-21;1-32-18-12-8(2-10(23)16(18)29-5-7(4-25)6-29)17(30)14-19(33-28-21(14)31)13(12)15-9(22)3-11(24)20(26)27-15;1-2/h3-4,7,9-10,16H,5-6,8,26H2,1-2H3,(H2,27,28)(H,29,32);2-3,7,13H,4-6,25H2,1H3,(H2,26,27)(H,28,31);1-2H3. The maximum atomic E-state index is 15.3. The summed E-state index contributed by atoms with van der Waals surface area (Å²) in [5, 5.41) is 0. The zero-order valence-electron chi connectivity index (χ0n) is 37.8. The van der Waals surface area contributed by atoms with Crippen molar-refractivity contribution in [3.05, 3.63) is 135 Å². The van der Waals surface area contributed by atoms with Gasteiger partial charge in [0.1, 0.15) is 39.9 Å². The van der Waals surface area contributed by atoms with Gasteiger partial charge in [-0.05, 0) is 44.0 Å². The molecule has 10 rings (SSSR count). The van der Waals surface area contributed by atoms with Gasteiger partial charge in [-0.25, -0.2) is 31.9 Å². The van der Waals surface area contributed by atoms with Gasteiger partial charge in [-0.1, -0.05) is 36.9 Å². The Balaban J connectivity index is 0.000000180. The molecule has 2 aromatic carbocycles. The Kier molecular flexibility index (Phi) is 13.4. The largest absolute Gasteiger partial charge is 0.494 e. The minimum Gasteiger partial charge on any atom is -0.494 e. The van der Waals surface area contributed by atoms with E-state index in [1.165, 1.54) is 14.2 Å². The molecule has 0 bridgehead atoms. The number of fused-ring (bicyclic) bond motifs is 4. The molecule has 16 nitrogen and oxygen atoms in total. The lowest BCUT2D eigenvalue weighted by Crippen LogP contribution is -2.50. The second-order valence-corrected chi connectivity index (χ2v) is 18.4. The fourth-order valence-corrected chi connectivity index (χ4v) is 11.3. The van der Waals surface area contributed by atoms with E-state index in [0.717, 1.165) is 47.8 Å². The summed E-state index contributed by atoms with van der Waals surface area (Å²) in [6, 6.07) is 5.66. The van der Waals surface area contributed by atoms with E-state index >= 15 is 8.78 Å². The fourth-order valence-electron chi connectivity index (χ4n) is 9.40. The number of pyridine rings is 2. The molecule has 2 aliphatic heterocycles. The van der Waals surface area contributed by atoms with Crippen molar-refractivity contribution in [2.24, 2.45) is 23.3 Å². The third-order valence-corrected chi connectivity index (χ3v) is 14.7. The number of aromatic amines is 2. The van der Waals surface area contributed by atoms with Crippen LogP contribution in [-0.4, -0.2) is 83.3 Å². The molecule has 364 valence electrons. The van der Waals surface area contributed by atoms with Crippen molar-refractivity contribution in [3.8, 4) is 11.5 Å². The Morgan fingerprint density at radius 1 is 0.725 bits per heavy atom. The number of carbonyl (C=O) groups excluding carboxylic acids is 2. The van der Waals surface area contributed by atoms with Crippen LogP contribution < -0.4 is 53.3 Å². The predicted octanol–water partition coefficient (Wildman–Crippen LogP) is 5.58. The molecule has 23 heteroatoms. The van der Waals surface area contributed by atoms with Crippen LogP contribution in [0.1, 0.15) is 103 Å². The first-order chi connectivity index (χ1) is 33.0. The van der Waals surface area contributed by atoms with Crippen molar-refractivity contribution < 1.29 is 41.0 Å². The Hall–Kier alpha value is -6.69. The number of nitrogen functional groups attached to an aromatic ring is 2. The van der Waals surface area contributed by atoms with Crippen molar-refractivity contribution in [2.45, 2.75) is 45.1 Å². The number of rotatable bonds is 8. The van der Waals surface area contributed by atoms with Gasteiger partial charge in [0, 0.05) is 72.5 Å². The molecule has 6 aromatic rings. The minimum absolute atomic E-state index is 0.00872. The highest BCUT2D eigenvalue weighted by atomic mass is 32.1. The van der Waals surface area contributed by atoms with Crippen LogP contribution in [0.25, 0.3) is 0 Å². The Morgan fingerprint density at radius 2 is 1.23 bits per heavy atom. The molecule has 0 spiro atoms. The summed E-state index contributed by atoms with van der Waals surface area (Å²) in [4.78, 5) is 63.5. The van der Waals surface area contributed by atoms with Crippen molar-refractivity contribution in [1.29, 1.82) is 0 Å². The number of aromatic nitrogens is 4. The second kappa shape index (κ2) is 19.0. The smallest absolute Gasteiger partial charge is 0.269 e. The molecule has 2 aliphatic carbocycles. The van der Waals surface area contributed by atoms with Gasteiger partial charge < -0.3 is 42.2 Å². The summed E-state index contributed by atoms with van der Waals surface area (Å²) in [5.41, 5.74) is 22.4. The van der Waals surface area contributed by atoms with E-state index < -0.39 is 75.2 Å². The molecule has 0 amide bonds. The van der Waals surface area contributed by atoms with Crippen LogP contribution >= 0.6 is 23.1 Å². The zero-order chi connectivity index (χ0) is 49.9. The molecule has 10 N–H and O–H groups in total. The van der Waals surface area contributed by atoms with Gasteiger partial charge >= 0.3 is 0 Å². The number of nitrogens with two attached hydrogens (primary N) is 4. The Morgan fingerprint density at radius 3 is 1.71 bits per heavy atom. The molecular formula is C46H47F5N10O6S2. The highest BCUT2D eigenvalue weighted by Gasteiger charge is 2.45. The third-order valence-electron chi connectivity index (χ3n) is 12.8. The van der Waals surface area contributed by atoms with E-state index in [2.05, 4.69) is 23.6 Å². The molecular weight excluding hydrogens is 948 g/mol. The van der Waals surface area contributed by atoms with Crippen LogP contribution in [0.5, 0.6) is 11.5 Å². The Bertz CT molecular complexity index is 3150. The van der Waals surface area contributed by atoms with Gasteiger partial charge in [0.2, 0.25) is 0 Å². The summed E-state index contributed by atoms with van der Waals surface area (Å²) in [5.74, 6) is -8.28. The number of anilines is 4. The molecule has 2 fully saturated rings. The van der Waals surface area contributed by atoms with Crippen LogP contribution in [0.3, 0.4) is 0 Å². The lowest BCUT2D eigenvalue weighted by atomic mass is 9.79. The molecule has 4 atom stereocenters. The van der Waals surface area contributed by atoms with Gasteiger partial charge in [0.25, 0.3) is 11.1 Å². The van der Waals surface area contributed by atoms with E-state index in [4.69, 9.17) is 32.4 Å². The average Bonchev–Trinajstić information content (AvgIpc) is 4.07. The predicted molar refractivity (Wildman–Crippen MR) is 252 cm³/mol. The molecule has 0 saturated carbocycles. The van der Waals surface area contributed by atoms with E-state index in [0.29, 0.717) is 49.6 Å². The molecule has 69 heavy (non-hydrogen) atoms. The first kappa shape index (κ1) is 48.8. The van der Waals surface area contributed by atoms with Gasteiger partial charge in [-0.2, -0.15) is 0 Å². The normalized spacial score (nSPS) is 18.5. The van der Waals surface area contributed by atoms with E-state index in [1.54, 1.807) is 17.0 Å². The quantitative estimate of drug-likeness (QED) is 0.102. The maximum Gasteiger partial charge on any atom is 0.269 e. The van der Waals surface area contributed by atoms with Crippen molar-refractivity contribution >= 4 is 57.6 Å². The van der Waals surface area contributed by atoms with Crippen molar-refractivity contribution in [2.75, 3.05) is 68.2 Å². The number of ether oxygens (including phenoxy) is 2. The number of nitrogens with zero attached hydrogens (tertiary/aromatic N) is 4. The molecule has 0 radical (unpaired) electrons. The number of halogens is 5. The summed E-state index contributed by atoms with van der Waals surface area (Å²) in [7, 11) is 2.77. The summed E-state index contributed by atoms with van der Waals surface area (Å²) in [6.07, 6.45) is 0.897. The first-order valence-corrected chi connectivity index (χ1v) is 23.4. The lowest BCUT2D eigenvalue weighted by Gasteiger charge is -2.42. The minimum atomic E-state index is -1.15. The number of benzene rings is 2. The second-order valence-electron chi connectivity index (χ2n) is 16.7. The number of hydrogen-bond donors (Lipinski definition) is 6. The molecule has 4 unspecified atom stereocenters. The SMILES string of the molecule is CC.COc1c(N2CCC(C(C)N)C2)ccc2c1C(c1nc(N)c(F)cc1F)c1s[nH]c(=O)c1C2=O.COc1c2c(cc(F)c1N1CC(CN)C1)C(=O)c1c(s[nH]c1=O)C2c1nc(N)c(F)cc1F. The first-order valence-electron chi connectivity index (χ1n) is 21.8. The number of carbonyl (C=O) groups is 2. The molecule has 2 saturated heterocycles. The van der Waals surface area contributed by atoms with Gasteiger partial charge in [0.15, 0.2) is 40.7 Å². The zero-order valence-corrected chi connectivity index (χ0v) is 39.4. The highest BCUT2D eigenvalue weighted by Crippen LogP contribution is 2.52. The molecule has 4 aliphatic rings. The van der Waals surface area contributed by atoms with Crippen LogP contribution in [0.2, 0.25) is 0 Å². The summed E-state index contributed by atoms with van der Waals surface area (Å²) >= 11 is 1.74. The van der Waals surface area contributed by atoms with Gasteiger partial charge in [-0.3, -0.25) is 27.9 Å². The van der Waals surface area contributed by atoms with Crippen molar-refractivity contribution in [1.82, 2.24) is 18.7 Å². The van der Waals surface area contributed by atoms with Gasteiger partial charge in [0.05, 0.1) is 52.9 Å². The molecule has 4 aromatic heterocycles. The van der Waals surface area contributed by atoms with Crippen LogP contribution in [0.4, 0.5) is 45.0 Å². The maximum absolute atomic E-state index is 15.3. The number of methoxy groups -OCH3 is 2. The highest BCUT2D eigenvalue weighted by molar-refractivity contribution is 7.06. The monoisotopic (exact) mass is 994 g/mol. The number of ketones is 2. The van der Waals surface area contributed by atoms with Crippen LogP contribution in [0.15, 0.2) is 39.9 Å². The number of hydrogen-bond acceptors (Lipinski definition) is 16. The molecule has 6 heterocycles. The topological polar surface area (TPSA) is 255 Å². The van der Waals surface area contributed by atoms with E-state index in [1.807, 2.05) is 20.8 Å². The van der Waals surface area contributed by atoms with Crippen LogP contribution in [0, 0.1) is 40.9 Å². The summed E-state index contributed by atoms with van der Waals surface area (Å²) in [6.45, 7) is 8.77. The third kappa shape index (κ3) is 8.09. The number of H-pyrrole nitrogens is 2. The fraction of sp³-hybridized carbons (Fsp3) is 0.348. The summed E-state index contributed by atoms with van der Waals surface area (Å²) < 4.78 is 89.5. The van der Waals surface area contributed by atoms with E-state index in [-0.39, 0.29) is 78.3 Å². The van der Waals surface area contributed by atoms with E-state index in [9.17, 15) is 32.3 Å². The van der Waals surface area contributed by atoms with Gasteiger partial charge in [-0.15, -0.1) is 0 Å². The number of nitrogens with one attached hydrogen (secondary N) is 2.